The molecule has 0 bridgehead atoms. The second-order valence-electron chi connectivity index (χ2n) is 14.9. The van der Waals surface area contributed by atoms with Crippen LogP contribution in [0.3, 0.4) is 0 Å². The van der Waals surface area contributed by atoms with Crippen LogP contribution in [0.1, 0.15) is 0 Å². The number of anilines is 3. The van der Waals surface area contributed by atoms with Crippen molar-refractivity contribution >= 4 is 92.3 Å². The summed E-state index contributed by atoms with van der Waals surface area (Å²) in [5.41, 5.74) is 12.0. The molecule has 9 aromatic carbocycles. The van der Waals surface area contributed by atoms with E-state index in [0.717, 1.165) is 44.6 Å². The molecule has 272 valence electrons. The molecule has 0 atom stereocenters. The van der Waals surface area contributed by atoms with Crippen molar-refractivity contribution in [2.75, 3.05) is 4.90 Å². The van der Waals surface area contributed by atoms with Crippen LogP contribution in [-0.2, 0) is 0 Å². The van der Waals surface area contributed by atoms with Gasteiger partial charge in [0.2, 0.25) is 0 Å². The van der Waals surface area contributed by atoms with Gasteiger partial charge >= 0.3 is 0 Å². The van der Waals surface area contributed by atoms with Gasteiger partial charge in [0.25, 0.3) is 0 Å². The Morgan fingerprint density at radius 2 is 1.09 bits per heavy atom. The highest BCUT2D eigenvalue weighted by molar-refractivity contribution is 7.25. The fourth-order valence-corrected chi connectivity index (χ4v) is 10.2. The molecular formula is C54H34N2OS. The Labute approximate surface area is 338 Å². The van der Waals surface area contributed by atoms with Gasteiger partial charge in [-0.2, -0.15) is 0 Å². The van der Waals surface area contributed by atoms with Gasteiger partial charge in [0.1, 0.15) is 10.4 Å². The number of thiophene rings is 1. The molecular weight excluding hydrogens is 725 g/mol. The maximum atomic E-state index is 6.63. The smallest absolute Gasteiger partial charge is 0.159 e. The highest BCUT2D eigenvalue weighted by Gasteiger charge is 2.21. The number of furan rings is 1. The van der Waals surface area contributed by atoms with Crippen LogP contribution in [0, 0.1) is 0 Å². The van der Waals surface area contributed by atoms with E-state index in [1.807, 2.05) is 23.5 Å². The van der Waals surface area contributed by atoms with Crippen LogP contribution in [0.4, 0.5) is 17.1 Å². The van der Waals surface area contributed by atoms with Gasteiger partial charge < -0.3 is 13.9 Å². The molecule has 0 spiro atoms. The van der Waals surface area contributed by atoms with E-state index < -0.39 is 0 Å². The summed E-state index contributed by atoms with van der Waals surface area (Å²) >= 11 is 1.86. The Balaban J connectivity index is 0.995. The minimum atomic E-state index is 0.866. The molecule has 3 aromatic heterocycles. The Morgan fingerprint density at radius 1 is 0.448 bits per heavy atom. The van der Waals surface area contributed by atoms with Gasteiger partial charge in [-0.3, -0.25) is 0 Å². The second-order valence-corrected chi connectivity index (χ2v) is 15.9. The normalized spacial score (nSPS) is 11.8. The quantitative estimate of drug-likeness (QED) is 0.168. The maximum absolute atomic E-state index is 6.63. The molecule has 0 radical (unpaired) electrons. The molecule has 3 heterocycles. The molecule has 0 aliphatic heterocycles. The third-order valence-electron chi connectivity index (χ3n) is 11.6. The number of benzene rings is 9. The fraction of sp³-hybridized carbons (Fsp3) is 0. The highest BCUT2D eigenvalue weighted by Crippen LogP contribution is 2.45. The van der Waals surface area contributed by atoms with E-state index in [4.69, 9.17) is 4.42 Å². The molecule has 12 aromatic rings. The monoisotopic (exact) mass is 758 g/mol. The predicted molar refractivity (Wildman–Crippen MR) is 247 cm³/mol. The molecule has 0 saturated carbocycles. The van der Waals surface area contributed by atoms with E-state index in [2.05, 4.69) is 204 Å². The van der Waals surface area contributed by atoms with Gasteiger partial charge in [-0.15, -0.1) is 11.3 Å². The van der Waals surface area contributed by atoms with Crippen molar-refractivity contribution in [3.8, 4) is 27.9 Å². The number of aromatic nitrogens is 1. The molecule has 0 N–H and O–H groups in total. The van der Waals surface area contributed by atoms with E-state index in [-0.39, 0.29) is 0 Å². The largest absolute Gasteiger partial charge is 0.454 e. The summed E-state index contributed by atoms with van der Waals surface area (Å²) in [6.45, 7) is 0. The Kier molecular flexibility index (Phi) is 7.40. The zero-order chi connectivity index (χ0) is 38.2. The molecule has 12 rings (SSSR count). The Bertz CT molecular complexity index is 3500. The van der Waals surface area contributed by atoms with Crippen molar-refractivity contribution < 1.29 is 4.42 Å². The second kappa shape index (κ2) is 13.1. The van der Waals surface area contributed by atoms with Gasteiger partial charge in [-0.05, 0) is 93.7 Å². The summed E-state index contributed by atoms with van der Waals surface area (Å²) in [6, 6.07) is 74.2. The third-order valence-corrected chi connectivity index (χ3v) is 12.8. The van der Waals surface area contributed by atoms with Gasteiger partial charge in [-0.25, -0.2) is 0 Å². The minimum absolute atomic E-state index is 0.866. The van der Waals surface area contributed by atoms with Crippen LogP contribution >= 0.6 is 11.3 Å². The van der Waals surface area contributed by atoms with Crippen LogP contribution in [0.15, 0.2) is 211 Å². The summed E-state index contributed by atoms with van der Waals surface area (Å²) in [5.74, 6) is 0. The van der Waals surface area contributed by atoms with Crippen molar-refractivity contribution in [3.05, 3.63) is 206 Å². The van der Waals surface area contributed by atoms with Crippen LogP contribution < -0.4 is 4.90 Å². The Morgan fingerprint density at radius 3 is 1.91 bits per heavy atom. The molecule has 0 fully saturated rings. The molecule has 0 aliphatic rings. The molecule has 0 aliphatic carbocycles. The Hall–Kier alpha value is -7.40. The van der Waals surface area contributed by atoms with E-state index >= 15 is 0 Å². The number of rotatable bonds is 6. The first-order valence-corrected chi connectivity index (χ1v) is 20.5. The average Bonchev–Trinajstić information content (AvgIpc) is 3.96. The molecule has 0 unspecified atom stereocenters. The first-order valence-electron chi connectivity index (χ1n) is 19.7. The van der Waals surface area contributed by atoms with Crippen molar-refractivity contribution in [2.45, 2.75) is 0 Å². The van der Waals surface area contributed by atoms with Crippen molar-refractivity contribution in [2.24, 2.45) is 0 Å². The first-order chi connectivity index (χ1) is 28.8. The van der Waals surface area contributed by atoms with Crippen molar-refractivity contribution in [1.82, 2.24) is 4.57 Å². The van der Waals surface area contributed by atoms with E-state index in [9.17, 15) is 0 Å². The van der Waals surface area contributed by atoms with E-state index in [1.165, 1.54) is 64.4 Å². The van der Waals surface area contributed by atoms with Crippen molar-refractivity contribution in [3.63, 3.8) is 0 Å². The molecule has 0 saturated heterocycles. The van der Waals surface area contributed by atoms with Gasteiger partial charge in [-0.1, -0.05) is 146 Å². The first kappa shape index (κ1) is 32.8. The van der Waals surface area contributed by atoms with Gasteiger partial charge in [0, 0.05) is 48.7 Å². The predicted octanol–water partition coefficient (Wildman–Crippen LogP) is 15.9. The summed E-state index contributed by atoms with van der Waals surface area (Å²) in [5, 5.41) is 8.61. The lowest BCUT2D eigenvalue weighted by atomic mass is 9.98. The minimum Gasteiger partial charge on any atom is -0.454 e. The third kappa shape index (κ3) is 5.12. The SMILES string of the molecule is c1ccc(-n2c3cc(-c4ccc(N(c5ccc(-c6cccc7ccccc67)cc5)c5cccc6c5oc5ccccc56)cc4)ccc3c3c4ccccc4sc32)cc1. The summed E-state index contributed by atoms with van der Waals surface area (Å²) in [4.78, 5) is 3.60. The summed E-state index contributed by atoms with van der Waals surface area (Å²) in [7, 11) is 0. The number of nitrogens with zero attached hydrogens (tertiary/aromatic N) is 2. The molecule has 58 heavy (non-hydrogen) atoms. The average molecular weight is 759 g/mol. The maximum Gasteiger partial charge on any atom is 0.159 e. The van der Waals surface area contributed by atoms with Crippen molar-refractivity contribution in [1.29, 1.82) is 0 Å². The standard InChI is InChI=1S/C54H34N2OS/c1-2-14-39(15-3-1)56-49-34-38(28-33-46(49)52-47-18-7-9-23-51(47)58-54(52)56)35-24-29-40(30-25-35)55(48-21-11-20-45-44-17-6-8-22-50(44)57-53(45)48)41-31-26-37(27-32-41)43-19-10-13-36-12-4-5-16-42(36)43/h1-34H. The molecule has 3 nitrogen and oxygen atoms in total. The molecule has 4 heteroatoms. The summed E-state index contributed by atoms with van der Waals surface area (Å²) in [6.07, 6.45) is 0. The zero-order valence-corrected chi connectivity index (χ0v) is 32.2. The zero-order valence-electron chi connectivity index (χ0n) is 31.3. The van der Waals surface area contributed by atoms with Gasteiger partial charge in [0.05, 0.1) is 11.2 Å². The van der Waals surface area contributed by atoms with Crippen LogP contribution in [0.25, 0.3) is 91.9 Å². The number of fused-ring (bicyclic) bond motifs is 9. The fourth-order valence-electron chi connectivity index (χ4n) is 8.91. The highest BCUT2D eigenvalue weighted by atomic mass is 32.1. The number of hydrogen-bond acceptors (Lipinski definition) is 3. The van der Waals surface area contributed by atoms with Crippen LogP contribution in [-0.4, -0.2) is 4.57 Å². The number of para-hydroxylation sites is 3. The number of hydrogen-bond donors (Lipinski definition) is 0. The lowest BCUT2D eigenvalue weighted by Gasteiger charge is -2.26. The molecule has 0 amide bonds. The van der Waals surface area contributed by atoms with Crippen LogP contribution in [0.2, 0.25) is 0 Å². The van der Waals surface area contributed by atoms with Crippen LogP contribution in [0.5, 0.6) is 0 Å². The summed E-state index contributed by atoms with van der Waals surface area (Å²) < 4.78 is 10.4. The lowest BCUT2D eigenvalue weighted by Crippen LogP contribution is -2.10. The topological polar surface area (TPSA) is 21.3 Å². The lowest BCUT2D eigenvalue weighted by molar-refractivity contribution is 0.669. The van der Waals surface area contributed by atoms with E-state index in [0.29, 0.717) is 0 Å². The van der Waals surface area contributed by atoms with E-state index in [1.54, 1.807) is 0 Å². The van der Waals surface area contributed by atoms with Gasteiger partial charge in [0.15, 0.2) is 5.58 Å².